The lowest BCUT2D eigenvalue weighted by atomic mass is 9.87. The fraction of sp³-hybridized carbons (Fsp3) is 0.609. The number of rotatable bonds is 6. The minimum absolute atomic E-state index is 0.159. The first-order chi connectivity index (χ1) is 15.0. The molecule has 0 spiro atoms. The molecular formula is C23H32FN3O5. The summed E-state index contributed by atoms with van der Waals surface area (Å²) in [5.41, 5.74) is -0.239. The zero-order valence-electron chi connectivity index (χ0n) is 19.1. The first-order valence-electron chi connectivity index (χ1n) is 10.9. The SMILES string of the molecule is COC1(CC(=O)OC(C)(C)C)CCN(c2ccc(NC3CCC(=O)NC3=O)cc2F)CC1. The summed E-state index contributed by atoms with van der Waals surface area (Å²) in [6.45, 7) is 6.55. The van der Waals surface area contributed by atoms with Crippen LogP contribution in [0.5, 0.6) is 0 Å². The Kier molecular flexibility index (Phi) is 7.07. The molecule has 0 bridgehead atoms. The Labute approximate surface area is 187 Å². The number of carbonyl (C=O) groups excluding carboxylic acids is 3. The number of imide groups is 1. The van der Waals surface area contributed by atoms with Crippen LogP contribution in [0.4, 0.5) is 15.8 Å². The lowest BCUT2D eigenvalue weighted by Crippen LogP contribution is -2.48. The van der Waals surface area contributed by atoms with E-state index in [9.17, 15) is 18.8 Å². The van der Waals surface area contributed by atoms with Crippen LogP contribution in [-0.4, -0.2) is 55.2 Å². The summed E-state index contributed by atoms with van der Waals surface area (Å²) in [5.74, 6) is -1.40. The molecule has 0 saturated carbocycles. The Hall–Kier alpha value is -2.68. The quantitative estimate of drug-likeness (QED) is 0.509. The average molecular weight is 450 g/mol. The van der Waals surface area contributed by atoms with E-state index < -0.39 is 29.0 Å². The third-order valence-electron chi connectivity index (χ3n) is 5.86. The van der Waals surface area contributed by atoms with Crippen LogP contribution in [0.1, 0.15) is 52.9 Å². The van der Waals surface area contributed by atoms with Crippen LogP contribution < -0.4 is 15.5 Å². The summed E-state index contributed by atoms with van der Waals surface area (Å²) in [5, 5.41) is 5.27. The number of ether oxygens (including phenoxy) is 2. The van der Waals surface area contributed by atoms with Gasteiger partial charge in [-0.25, -0.2) is 4.39 Å². The molecule has 0 aromatic heterocycles. The second kappa shape index (κ2) is 9.44. The highest BCUT2D eigenvalue weighted by Crippen LogP contribution is 2.34. The van der Waals surface area contributed by atoms with Crippen LogP contribution in [0.2, 0.25) is 0 Å². The Morgan fingerprint density at radius 3 is 2.53 bits per heavy atom. The number of anilines is 2. The van der Waals surface area contributed by atoms with Gasteiger partial charge in [0.1, 0.15) is 17.5 Å². The van der Waals surface area contributed by atoms with Gasteiger partial charge in [-0.05, 0) is 58.2 Å². The van der Waals surface area contributed by atoms with Crippen molar-refractivity contribution in [2.45, 2.75) is 70.1 Å². The van der Waals surface area contributed by atoms with E-state index in [1.807, 2.05) is 25.7 Å². The maximum Gasteiger partial charge on any atom is 0.309 e. The van der Waals surface area contributed by atoms with Crippen LogP contribution in [0.3, 0.4) is 0 Å². The number of amides is 2. The third kappa shape index (κ3) is 5.97. The summed E-state index contributed by atoms with van der Waals surface area (Å²) >= 11 is 0. The molecule has 32 heavy (non-hydrogen) atoms. The second-order valence-electron chi connectivity index (χ2n) is 9.45. The number of hydrogen-bond donors (Lipinski definition) is 2. The molecule has 176 valence electrons. The van der Waals surface area contributed by atoms with Crippen LogP contribution >= 0.6 is 0 Å². The highest BCUT2D eigenvalue weighted by atomic mass is 19.1. The van der Waals surface area contributed by atoms with E-state index in [2.05, 4.69) is 10.6 Å². The van der Waals surface area contributed by atoms with E-state index in [1.165, 1.54) is 6.07 Å². The van der Waals surface area contributed by atoms with Crippen LogP contribution in [0.15, 0.2) is 18.2 Å². The molecule has 2 saturated heterocycles. The minimum atomic E-state index is -0.622. The molecule has 8 nitrogen and oxygen atoms in total. The van der Waals surface area contributed by atoms with E-state index in [0.29, 0.717) is 43.7 Å². The van der Waals surface area contributed by atoms with E-state index in [0.717, 1.165) is 0 Å². The molecule has 2 fully saturated rings. The molecule has 1 aromatic rings. The highest BCUT2D eigenvalue weighted by molar-refractivity contribution is 6.01. The molecule has 0 aliphatic carbocycles. The van der Waals surface area contributed by atoms with E-state index in [4.69, 9.17) is 9.47 Å². The number of halogens is 1. The van der Waals surface area contributed by atoms with Crippen LogP contribution in [0, 0.1) is 5.82 Å². The maximum absolute atomic E-state index is 14.9. The average Bonchev–Trinajstić information content (AvgIpc) is 2.69. The third-order valence-corrected chi connectivity index (χ3v) is 5.86. The normalized spacial score (nSPS) is 21.2. The Morgan fingerprint density at radius 1 is 1.28 bits per heavy atom. The number of benzene rings is 1. The Bertz CT molecular complexity index is 875. The van der Waals surface area contributed by atoms with Crippen molar-refractivity contribution in [1.29, 1.82) is 0 Å². The molecule has 2 aliphatic heterocycles. The molecule has 3 rings (SSSR count). The summed E-state index contributed by atoms with van der Waals surface area (Å²) in [6.07, 6.45) is 1.92. The molecule has 9 heteroatoms. The monoisotopic (exact) mass is 449 g/mol. The van der Waals surface area contributed by atoms with Crippen molar-refractivity contribution in [2.24, 2.45) is 0 Å². The van der Waals surface area contributed by atoms with Crippen molar-refractivity contribution < 1.29 is 28.2 Å². The summed E-state index contributed by atoms with van der Waals surface area (Å²) in [6, 6.07) is 4.19. The van der Waals surface area contributed by atoms with Gasteiger partial charge < -0.3 is 19.7 Å². The largest absolute Gasteiger partial charge is 0.460 e. The molecule has 2 aliphatic rings. The summed E-state index contributed by atoms with van der Waals surface area (Å²) < 4.78 is 26.0. The van der Waals surface area contributed by atoms with Gasteiger partial charge in [-0.2, -0.15) is 0 Å². The summed E-state index contributed by atoms with van der Waals surface area (Å²) in [4.78, 5) is 37.4. The van der Waals surface area contributed by atoms with Crippen molar-refractivity contribution >= 4 is 29.2 Å². The predicted octanol–water partition coefficient (Wildman–Crippen LogP) is 2.76. The van der Waals surface area contributed by atoms with Gasteiger partial charge in [0.25, 0.3) is 0 Å². The first-order valence-corrected chi connectivity index (χ1v) is 10.9. The number of carbonyl (C=O) groups is 3. The molecule has 2 heterocycles. The fourth-order valence-corrected chi connectivity index (χ4v) is 4.13. The van der Waals surface area contributed by atoms with Gasteiger partial charge in [0.05, 0.1) is 17.7 Å². The van der Waals surface area contributed by atoms with Crippen LogP contribution in [-0.2, 0) is 23.9 Å². The van der Waals surface area contributed by atoms with Gasteiger partial charge in [0, 0.05) is 32.3 Å². The molecule has 1 atom stereocenters. The first kappa shape index (κ1) is 24.0. The highest BCUT2D eigenvalue weighted by Gasteiger charge is 2.38. The number of methoxy groups -OCH3 is 1. The smallest absolute Gasteiger partial charge is 0.309 e. The number of nitrogens with zero attached hydrogens (tertiary/aromatic N) is 1. The molecular weight excluding hydrogens is 417 g/mol. The van der Waals surface area contributed by atoms with Gasteiger partial charge >= 0.3 is 5.97 Å². The second-order valence-corrected chi connectivity index (χ2v) is 9.45. The van der Waals surface area contributed by atoms with Crippen molar-refractivity contribution in [2.75, 3.05) is 30.4 Å². The summed E-state index contributed by atoms with van der Waals surface area (Å²) in [7, 11) is 1.59. The molecule has 1 unspecified atom stereocenters. The fourth-order valence-electron chi connectivity index (χ4n) is 4.13. The van der Waals surface area contributed by atoms with Crippen molar-refractivity contribution in [1.82, 2.24) is 5.32 Å². The molecule has 2 amide bonds. The number of esters is 1. The lowest BCUT2D eigenvalue weighted by Gasteiger charge is -2.41. The number of piperidine rings is 2. The standard InChI is InChI=1S/C23H32FN3O5/c1-22(2,3)32-20(29)14-23(31-4)9-11-27(12-10-23)18-7-5-15(13-16(18)24)25-17-6-8-19(28)26-21(17)30/h5,7,13,17,25H,6,8-12,14H2,1-4H3,(H,26,28,30). The van der Waals surface area contributed by atoms with Gasteiger partial charge in [-0.1, -0.05) is 0 Å². The van der Waals surface area contributed by atoms with E-state index >= 15 is 0 Å². The molecule has 1 aromatic carbocycles. The molecule has 2 N–H and O–H groups in total. The van der Waals surface area contributed by atoms with Crippen molar-refractivity contribution in [3.8, 4) is 0 Å². The molecule has 0 radical (unpaired) electrons. The van der Waals surface area contributed by atoms with E-state index in [1.54, 1.807) is 19.2 Å². The van der Waals surface area contributed by atoms with Gasteiger partial charge in [-0.15, -0.1) is 0 Å². The predicted molar refractivity (Wildman–Crippen MR) is 118 cm³/mol. The zero-order valence-corrected chi connectivity index (χ0v) is 19.1. The van der Waals surface area contributed by atoms with Crippen molar-refractivity contribution in [3.63, 3.8) is 0 Å². The van der Waals surface area contributed by atoms with Gasteiger partial charge in [-0.3, -0.25) is 19.7 Å². The van der Waals surface area contributed by atoms with Crippen LogP contribution in [0.25, 0.3) is 0 Å². The lowest BCUT2D eigenvalue weighted by molar-refractivity contribution is -0.162. The number of nitrogens with one attached hydrogen (secondary N) is 2. The Balaban J connectivity index is 1.60. The van der Waals surface area contributed by atoms with Crippen molar-refractivity contribution in [3.05, 3.63) is 24.0 Å². The number of hydrogen-bond acceptors (Lipinski definition) is 7. The van der Waals surface area contributed by atoms with Gasteiger partial charge in [0.15, 0.2) is 0 Å². The maximum atomic E-state index is 14.9. The van der Waals surface area contributed by atoms with E-state index in [-0.39, 0.29) is 24.7 Å². The minimum Gasteiger partial charge on any atom is -0.460 e. The topological polar surface area (TPSA) is 97.0 Å². The van der Waals surface area contributed by atoms with Gasteiger partial charge in [0.2, 0.25) is 11.8 Å². The Morgan fingerprint density at radius 2 is 1.97 bits per heavy atom. The zero-order chi connectivity index (χ0) is 23.5.